The largest absolute Gasteiger partial charge is 0.354 e. The first-order valence-corrected chi connectivity index (χ1v) is 6.78. The number of hydrogen-bond donors (Lipinski definition) is 2. The average Bonchev–Trinajstić information content (AvgIpc) is 2.33. The number of nitrogens with two attached hydrogens (primary N) is 1. The van der Waals surface area contributed by atoms with Crippen molar-refractivity contribution in [2.24, 2.45) is 5.73 Å². The minimum atomic E-state index is -0.434. The van der Waals surface area contributed by atoms with E-state index in [2.05, 4.69) is 5.32 Å². The van der Waals surface area contributed by atoms with E-state index in [1.54, 1.807) is 18.2 Å². The van der Waals surface area contributed by atoms with Crippen molar-refractivity contribution in [2.75, 3.05) is 6.54 Å². The molecule has 0 bridgehead atoms. The summed E-state index contributed by atoms with van der Waals surface area (Å²) in [7, 11) is 0. The summed E-state index contributed by atoms with van der Waals surface area (Å²) in [5.41, 5.74) is 6.55. The number of benzene rings is 1. The lowest BCUT2D eigenvalue weighted by atomic mass is 10.1. The molecule has 0 heterocycles. The molecule has 0 aliphatic heterocycles. The third-order valence-corrected chi connectivity index (χ3v) is 3.38. The van der Waals surface area contributed by atoms with E-state index in [9.17, 15) is 4.79 Å². The highest BCUT2D eigenvalue weighted by Crippen LogP contribution is 2.24. The summed E-state index contributed by atoms with van der Waals surface area (Å²) in [5, 5.41) is 4.03. The molecule has 0 saturated heterocycles. The lowest BCUT2D eigenvalue weighted by Crippen LogP contribution is -2.41. The fraction of sp³-hybridized carbons (Fsp3) is 0.462. The van der Waals surface area contributed by atoms with Gasteiger partial charge in [0.25, 0.3) is 0 Å². The number of carbonyl (C=O) groups excluding carboxylic acids is 1. The van der Waals surface area contributed by atoms with E-state index in [1.807, 2.05) is 6.92 Å². The van der Waals surface area contributed by atoms with Gasteiger partial charge in [-0.25, -0.2) is 0 Å². The number of rotatable bonds is 6. The van der Waals surface area contributed by atoms with Crippen LogP contribution in [-0.2, 0) is 11.2 Å². The van der Waals surface area contributed by atoms with Crippen LogP contribution in [0.15, 0.2) is 18.2 Å². The Morgan fingerprint density at radius 3 is 2.56 bits per heavy atom. The van der Waals surface area contributed by atoms with Crippen LogP contribution in [0.5, 0.6) is 0 Å². The zero-order chi connectivity index (χ0) is 13.5. The number of halogens is 2. The van der Waals surface area contributed by atoms with Crippen molar-refractivity contribution in [1.82, 2.24) is 5.32 Å². The Balaban J connectivity index is 2.44. The van der Waals surface area contributed by atoms with Gasteiger partial charge >= 0.3 is 0 Å². The molecule has 0 saturated carbocycles. The van der Waals surface area contributed by atoms with Crippen molar-refractivity contribution in [1.29, 1.82) is 0 Å². The zero-order valence-electron chi connectivity index (χ0n) is 10.4. The maximum atomic E-state index is 11.6. The van der Waals surface area contributed by atoms with Crippen LogP contribution in [0.2, 0.25) is 10.0 Å². The summed E-state index contributed by atoms with van der Waals surface area (Å²) in [6, 6.07) is 4.93. The summed E-state index contributed by atoms with van der Waals surface area (Å²) < 4.78 is 0. The van der Waals surface area contributed by atoms with Gasteiger partial charge in [-0.3, -0.25) is 4.79 Å². The second-order valence-electron chi connectivity index (χ2n) is 4.14. The highest BCUT2D eigenvalue weighted by molar-refractivity contribution is 6.35. The fourth-order valence-electron chi connectivity index (χ4n) is 1.66. The van der Waals surface area contributed by atoms with Gasteiger partial charge in [0.1, 0.15) is 0 Å². The number of carbonyl (C=O) groups is 1. The Kier molecular flexibility index (Phi) is 6.47. The molecule has 1 atom stereocenters. The second-order valence-corrected chi connectivity index (χ2v) is 4.95. The zero-order valence-corrected chi connectivity index (χ0v) is 11.9. The van der Waals surface area contributed by atoms with Crippen molar-refractivity contribution in [2.45, 2.75) is 32.2 Å². The van der Waals surface area contributed by atoms with Crippen molar-refractivity contribution in [3.05, 3.63) is 33.8 Å². The smallest absolute Gasteiger partial charge is 0.236 e. The molecule has 0 aliphatic carbocycles. The molecule has 0 spiro atoms. The normalized spacial score (nSPS) is 12.2. The molecule has 0 fully saturated rings. The van der Waals surface area contributed by atoms with E-state index in [-0.39, 0.29) is 5.91 Å². The van der Waals surface area contributed by atoms with E-state index < -0.39 is 6.04 Å². The van der Waals surface area contributed by atoms with Crippen LogP contribution in [0.4, 0.5) is 0 Å². The van der Waals surface area contributed by atoms with Gasteiger partial charge in [-0.2, -0.15) is 0 Å². The van der Waals surface area contributed by atoms with Gasteiger partial charge in [0.05, 0.1) is 6.04 Å². The van der Waals surface area contributed by atoms with Gasteiger partial charge < -0.3 is 11.1 Å². The Hall–Kier alpha value is -0.770. The minimum absolute atomic E-state index is 0.125. The maximum absolute atomic E-state index is 11.6. The Bertz CT molecular complexity index is 390. The summed E-state index contributed by atoms with van der Waals surface area (Å²) in [6.45, 7) is 2.48. The van der Waals surface area contributed by atoms with Gasteiger partial charge in [-0.15, -0.1) is 0 Å². The molecule has 0 radical (unpaired) electrons. The van der Waals surface area contributed by atoms with Crippen LogP contribution in [0.3, 0.4) is 0 Å². The van der Waals surface area contributed by atoms with Gasteiger partial charge in [0.2, 0.25) is 5.91 Å². The first-order chi connectivity index (χ1) is 8.56. The maximum Gasteiger partial charge on any atom is 0.236 e. The molecule has 1 unspecified atom stereocenters. The first kappa shape index (κ1) is 15.3. The predicted molar refractivity (Wildman–Crippen MR) is 76.1 cm³/mol. The molecule has 1 rings (SSSR count). The van der Waals surface area contributed by atoms with Crippen LogP contribution in [0.1, 0.15) is 25.3 Å². The lowest BCUT2D eigenvalue weighted by molar-refractivity contribution is -0.122. The van der Waals surface area contributed by atoms with Crippen molar-refractivity contribution in [3.8, 4) is 0 Å². The molecule has 1 amide bonds. The monoisotopic (exact) mass is 288 g/mol. The topological polar surface area (TPSA) is 55.1 Å². The van der Waals surface area contributed by atoms with E-state index in [4.69, 9.17) is 28.9 Å². The van der Waals surface area contributed by atoms with Gasteiger partial charge in [0, 0.05) is 16.6 Å². The standard InChI is InChI=1S/C13H18Cl2N2O/c1-2-4-12(16)13(18)17-8-7-9-10(14)5-3-6-11(9)15/h3,5-6,12H,2,4,7-8,16H2,1H3,(H,17,18). The highest BCUT2D eigenvalue weighted by atomic mass is 35.5. The summed E-state index contributed by atoms with van der Waals surface area (Å²) in [4.78, 5) is 11.6. The van der Waals surface area contributed by atoms with Gasteiger partial charge in [0.15, 0.2) is 0 Å². The lowest BCUT2D eigenvalue weighted by Gasteiger charge is -2.12. The third kappa shape index (κ3) is 4.48. The third-order valence-electron chi connectivity index (χ3n) is 2.67. The number of nitrogens with one attached hydrogen (secondary N) is 1. The molecule has 3 nitrogen and oxygen atoms in total. The summed E-state index contributed by atoms with van der Waals surface area (Å²) >= 11 is 12.1. The first-order valence-electron chi connectivity index (χ1n) is 6.02. The van der Waals surface area contributed by atoms with E-state index in [0.29, 0.717) is 29.4 Å². The molecule has 5 heteroatoms. The second kappa shape index (κ2) is 7.62. The quantitative estimate of drug-likeness (QED) is 0.846. The molecule has 0 aromatic heterocycles. The molecule has 1 aromatic carbocycles. The molecule has 1 aromatic rings. The van der Waals surface area contributed by atoms with Crippen LogP contribution in [0.25, 0.3) is 0 Å². The molecule has 100 valence electrons. The Morgan fingerprint density at radius 1 is 1.39 bits per heavy atom. The minimum Gasteiger partial charge on any atom is -0.354 e. The number of amides is 1. The van der Waals surface area contributed by atoms with Gasteiger partial charge in [-0.05, 0) is 30.5 Å². The fourth-order valence-corrected chi connectivity index (χ4v) is 2.24. The van der Waals surface area contributed by atoms with Crippen LogP contribution >= 0.6 is 23.2 Å². The van der Waals surface area contributed by atoms with E-state index >= 15 is 0 Å². The molecular formula is C13H18Cl2N2O. The average molecular weight is 289 g/mol. The van der Waals surface area contributed by atoms with Crippen LogP contribution in [0, 0.1) is 0 Å². The van der Waals surface area contributed by atoms with Crippen molar-refractivity contribution >= 4 is 29.1 Å². The molecule has 3 N–H and O–H groups in total. The molecular weight excluding hydrogens is 271 g/mol. The number of hydrogen-bond acceptors (Lipinski definition) is 2. The SMILES string of the molecule is CCCC(N)C(=O)NCCc1c(Cl)cccc1Cl. The van der Waals surface area contributed by atoms with Crippen molar-refractivity contribution < 1.29 is 4.79 Å². The van der Waals surface area contributed by atoms with Crippen LogP contribution < -0.4 is 11.1 Å². The summed E-state index contributed by atoms with van der Waals surface area (Å²) in [6.07, 6.45) is 2.19. The van der Waals surface area contributed by atoms with Crippen LogP contribution in [-0.4, -0.2) is 18.5 Å². The predicted octanol–water partition coefficient (Wildman–Crippen LogP) is 2.78. The molecule has 18 heavy (non-hydrogen) atoms. The van der Waals surface area contributed by atoms with Gasteiger partial charge in [-0.1, -0.05) is 42.6 Å². The highest BCUT2D eigenvalue weighted by Gasteiger charge is 2.12. The Labute approximate surface area is 118 Å². The Morgan fingerprint density at radius 2 is 2.00 bits per heavy atom. The van der Waals surface area contributed by atoms with E-state index in [1.165, 1.54) is 0 Å². The summed E-state index contributed by atoms with van der Waals surface area (Å²) in [5.74, 6) is -0.125. The van der Waals surface area contributed by atoms with Crippen molar-refractivity contribution in [3.63, 3.8) is 0 Å². The molecule has 0 aliphatic rings. The van der Waals surface area contributed by atoms with E-state index in [0.717, 1.165) is 12.0 Å².